The van der Waals surface area contributed by atoms with Crippen LogP contribution in [0, 0.1) is 35.0 Å². The van der Waals surface area contributed by atoms with E-state index in [0.717, 1.165) is 44.1 Å². The first kappa shape index (κ1) is 32.0. The highest BCUT2D eigenvalue weighted by atomic mass is 16.7. The van der Waals surface area contributed by atoms with E-state index in [2.05, 4.69) is 41.5 Å². The molecule has 0 aromatic heterocycles. The van der Waals surface area contributed by atoms with E-state index in [9.17, 15) is 14.4 Å². The van der Waals surface area contributed by atoms with E-state index < -0.39 is 17.3 Å². The monoisotopic (exact) mass is 574 g/mol. The molecule has 232 valence electrons. The standard InChI is InChI=1S/C34H54O7/c1-10-12-13-14-16-29(36)38-25-19-21(4)32(8)23(6)26(39-28(35)15-11-2)17-20(3)18-27-34(24(7)30(32)22(25)5)33(9,41-34)31(37)40-27/h18,21-27,30H,10-17,19H2,1-9H3/b20-18-/t21-,22-,23-,24-,25-,26-,27-,30+,32+,33+,34+/m0/s1. The van der Waals surface area contributed by atoms with Gasteiger partial charge in [-0.3, -0.25) is 9.59 Å². The van der Waals surface area contributed by atoms with Crippen molar-refractivity contribution in [2.75, 3.05) is 0 Å². The lowest BCUT2D eigenvalue weighted by Crippen LogP contribution is -2.59. The SMILES string of the molecule is CCCCCCC(=O)O[C@H]1C[C@H](C)[C@@]2(C)[C@H]([C@H]1C)[C@H](C)[C@]13O[C@]1(C)C(=O)O[C@H]3/C=C(/C)C[C@H](OC(=O)CCC)[C@@H]2C. The Bertz CT molecular complexity index is 1040. The molecular weight excluding hydrogens is 520 g/mol. The summed E-state index contributed by atoms with van der Waals surface area (Å²) >= 11 is 0. The van der Waals surface area contributed by atoms with Crippen LogP contribution in [0.25, 0.3) is 0 Å². The van der Waals surface area contributed by atoms with Crippen LogP contribution in [-0.2, 0) is 33.3 Å². The molecule has 0 unspecified atom stereocenters. The van der Waals surface area contributed by atoms with Crippen LogP contribution in [0.5, 0.6) is 0 Å². The summed E-state index contributed by atoms with van der Waals surface area (Å²) in [6.07, 6.45) is 8.01. The van der Waals surface area contributed by atoms with Crippen LogP contribution in [-0.4, -0.2) is 47.4 Å². The molecule has 2 aliphatic heterocycles. The molecule has 3 fully saturated rings. The van der Waals surface area contributed by atoms with Gasteiger partial charge in [0.2, 0.25) is 0 Å². The number of unbranched alkanes of at least 4 members (excludes halogenated alkanes) is 3. The van der Waals surface area contributed by atoms with Crippen LogP contribution in [0.15, 0.2) is 11.6 Å². The Balaban J connectivity index is 1.73. The van der Waals surface area contributed by atoms with Crippen molar-refractivity contribution in [3.63, 3.8) is 0 Å². The van der Waals surface area contributed by atoms with Crippen molar-refractivity contribution in [2.45, 2.75) is 150 Å². The number of epoxide rings is 1. The number of esters is 3. The Hall–Kier alpha value is -1.89. The molecule has 0 aromatic carbocycles. The number of fused-ring (bicyclic) bond motifs is 1. The zero-order chi connectivity index (χ0) is 30.3. The number of rotatable bonds is 9. The first-order valence-electron chi connectivity index (χ1n) is 16.2. The van der Waals surface area contributed by atoms with E-state index in [1.54, 1.807) is 0 Å². The Labute approximate surface area is 247 Å². The minimum absolute atomic E-state index is 0.0175. The van der Waals surface area contributed by atoms with Crippen molar-refractivity contribution in [2.24, 2.45) is 35.0 Å². The van der Waals surface area contributed by atoms with Crippen molar-refractivity contribution < 1.29 is 33.3 Å². The van der Waals surface area contributed by atoms with Gasteiger partial charge in [-0.2, -0.15) is 0 Å². The molecule has 0 radical (unpaired) electrons. The van der Waals surface area contributed by atoms with Crippen molar-refractivity contribution in [3.8, 4) is 0 Å². The van der Waals surface area contributed by atoms with Crippen LogP contribution in [0.3, 0.4) is 0 Å². The summed E-state index contributed by atoms with van der Waals surface area (Å²) in [4.78, 5) is 38.9. The molecule has 1 spiro atoms. The molecule has 7 heteroatoms. The molecule has 2 heterocycles. The van der Waals surface area contributed by atoms with Gasteiger partial charge in [-0.05, 0) is 74.2 Å². The molecule has 11 atom stereocenters. The van der Waals surface area contributed by atoms with Gasteiger partial charge in [0.1, 0.15) is 12.2 Å². The number of ether oxygens (including phenoxy) is 4. The molecule has 41 heavy (non-hydrogen) atoms. The highest BCUT2D eigenvalue weighted by Crippen LogP contribution is 2.68. The predicted octanol–water partition coefficient (Wildman–Crippen LogP) is 6.95. The highest BCUT2D eigenvalue weighted by molar-refractivity contribution is 5.88. The lowest BCUT2D eigenvalue weighted by Gasteiger charge is -2.59. The first-order chi connectivity index (χ1) is 19.3. The molecule has 2 saturated heterocycles. The van der Waals surface area contributed by atoms with Gasteiger partial charge in [0.25, 0.3) is 0 Å². The Morgan fingerprint density at radius 1 is 0.927 bits per heavy atom. The molecule has 0 bridgehead atoms. The normalized spacial score (nSPS) is 44.8. The number of hydrogen-bond acceptors (Lipinski definition) is 7. The van der Waals surface area contributed by atoms with E-state index in [4.69, 9.17) is 18.9 Å². The summed E-state index contributed by atoms with van der Waals surface area (Å²) in [5, 5.41) is 0. The third-order valence-corrected chi connectivity index (χ3v) is 11.6. The smallest absolute Gasteiger partial charge is 0.342 e. The maximum absolute atomic E-state index is 13.1. The molecular formula is C34H54O7. The van der Waals surface area contributed by atoms with E-state index in [0.29, 0.717) is 19.3 Å². The lowest BCUT2D eigenvalue weighted by molar-refractivity contribution is -0.188. The van der Waals surface area contributed by atoms with Crippen LogP contribution >= 0.6 is 0 Å². The lowest BCUT2D eigenvalue weighted by atomic mass is 9.47. The molecule has 0 N–H and O–H groups in total. The third kappa shape index (κ3) is 5.38. The molecule has 0 amide bonds. The maximum atomic E-state index is 13.1. The fraction of sp³-hybridized carbons (Fsp3) is 0.853. The Morgan fingerprint density at radius 3 is 2.22 bits per heavy atom. The highest BCUT2D eigenvalue weighted by Gasteiger charge is 2.84. The molecule has 7 nitrogen and oxygen atoms in total. The number of hydrogen-bond donors (Lipinski definition) is 0. The van der Waals surface area contributed by atoms with Gasteiger partial charge in [-0.25, -0.2) is 4.79 Å². The van der Waals surface area contributed by atoms with Crippen molar-refractivity contribution in [1.82, 2.24) is 0 Å². The average Bonchev–Trinajstić information content (AvgIpc) is 3.50. The largest absolute Gasteiger partial charge is 0.462 e. The van der Waals surface area contributed by atoms with E-state index in [1.165, 1.54) is 0 Å². The summed E-state index contributed by atoms with van der Waals surface area (Å²) in [5.74, 6) is -0.441. The first-order valence-corrected chi connectivity index (χ1v) is 16.2. The number of carbonyl (C=O) groups excluding carboxylic acids is 3. The van der Waals surface area contributed by atoms with Gasteiger partial charge in [0.05, 0.1) is 0 Å². The second-order valence-corrected chi connectivity index (χ2v) is 14.1. The summed E-state index contributed by atoms with van der Waals surface area (Å²) in [6.45, 7) is 19.2. The minimum atomic E-state index is -0.990. The number of carbonyl (C=O) groups is 3. The van der Waals surface area contributed by atoms with Crippen molar-refractivity contribution in [3.05, 3.63) is 11.6 Å². The summed E-state index contributed by atoms with van der Waals surface area (Å²) in [7, 11) is 0. The molecule has 2 aliphatic carbocycles. The second kappa shape index (κ2) is 12.0. The Morgan fingerprint density at radius 2 is 1.59 bits per heavy atom. The van der Waals surface area contributed by atoms with Gasteiger partial charge in [0, 0.05) is 19.3 Å². The van der Waals surface area contributed by atoms with Crippen LogP contribution in [0.4, 0.5) is 0 Å². The van der Waals surface area contributed by atoms with E-state index in [-0.39, 0.29) is 65.1 Å². The summed E-state index contributed by atoms with van der Waals surface area (Å²) < 4.78 is 24.9. The van der Waals surface area contributed by atoms with Crippen LogP contribution in [0.2, 0.25) is 0 Å². The maximum Gasteiger partial charge on any atom is 0.342 e. The van der Waals surface area contributed by atoms with Gasteiger partial charge >= 0.3 is 17.9 Å². The van der Waals surface area contributed by atoms with Crippen LogP contribution in [0.1, 0.15) is 120 Å². The van der Waals surface area contributed by atoms with Gasteiger partial charge in [-0.1, -0.05) is 73.3 Å². The fourth-order valence-electron chi connectivity index (χ4n) is 8.94. The fourth-order valence-corrected chi connectivity index (χ4v) is 8.94. The van der Waals surface area contributed by atoms with Gasteiger partial charge in [-0.15, -0.1) is 0 Å². The molecule has 0 aromatic rings. The molecule has 4 aliphatic rings. The minimum Gasteiger partial charge on any atom is -0.462 e. The Kier molecular flexibility index (Phi) is 9.38. The van der Waals surface area contributed by atoms with Gasteiger partial charge < -0.3 is 18.9 Å². The van der Waals surface area contributed by atoms with Gasteiger partial charge in [0.15, 0.2) is 17.3 Å². The van der Waals surface area contributed by atoms with E-state index in [1.807, 2.05) is 26.8 Å². The zero-order valence-corrected chi connectivity index (χ0v) is 26.9. The summed E-state index contributed by atoms with van der Waals surface area (Å²) in [6, 6.07) is 0. The van der Waals surface area contributed by atoms with Crippen molar-refractivity contribution in [1.29, 1.82) is 0 Å². The second-order valence-electron chi connectivity index (χ2n) is 14.1. The quantitative estimate of drug-likeness (QED) is 0.0967. The topological polar surface area (TPSA) is 91.4 Å². The predicted molar refractivity (Wildman–Crippen MR) is 157 cm³/mol. The van der Waals surface area contributed by atoms with Crippen molar-refractivity contribution >= 4 is 17.9 Å². The van der Waals surface area contributed by atoms with E-state index >= 15 is 0 Å². The molecule has 1 saturated carbocycles. The van der Waals surface area contributed by atoms with Crippen LogP contribution < -0.4 is 0 Å². The third-order valence-electron chi connectivity index (χ3n) is 11.6. The summed E-state index contributed by atoms with van der Waals surface area (Å²) in [5.41, 5.74) is -1.02. The zero-order valence-electron chi connectivity index (χ0n) is 26.9. The average molecular weight is 575 g/mol. The molecule has 4 rings (SSSR count).